The van der Waals surface area contributed by atoms with Crippen LogP contribution in [0, 0.1) is 11.3 Å². The number of hydrogen-bond donors (Lipinski definition) is 0. The molecular formula is C9H7BrF2N2O. The van der Waals surface area contributed by atoms with Gasteiger partial charge >= 0.3 is 0 Å². The average Bonchev–Trinajstić information content (AvgIpc) is 2.16. The van der Waals surface area contributed by atoms with E-state index in [1.165, 1.54) is 13.2 Å². The molecule has 0 amide bonds. The Labute approximate surface area is 93.8 Å². The molecule has 0 aliphatic carbocycles. The summed E-state index contributed by atoms with van der Waals surface area (Å²) in [6, 6.07) is 3.28. The van der Waals surface area contributed by atoms with Gasteiger partial charge in [-0.2, -0.15) is 5.26 Å². The molecule has 0 bridgehead atoms. The highest BCUT2D eigenvalue weighted by molar-refractivity contribution is 9.10. The van der Waals surface area contributed by atoms with Crippen LogP contribution in [0.4, 0.5) is 8.78 Å². The molecule has 0 saturated carbocycles. The molecule has 6 heteroatoms. The van der Waals surface area contributed by atoms with Crippen molar-refractivity contribution < 1.29 is 13.5 Å². The van der Waals surface area contributed by atoms with Crippen LogP contribution in [0.1, 0.15) is 17.7 Å². The quantitative estimate of drug-likeness (QED) is 0.853. The summed E-state index contributed by atoms with van der Waals surface area (Å²) in [5.41, 5.74) is 0.102. The summed E-state index contributed by atoms with van der Waals surface area (Å²) >= 11 is 3.00. The fraction of sp³-hybridized carbons (Fsp3) is 0.333. The van der Waals surface area contributed by atoms with Crippen molar-refractivity contribution in [1.29, 1.82) is 5.26 Å². The number of ether oxygens (including phenoxy) is 1. The Balaban J connectivity index is 3.25. The van der Waals surface area contributed by atoms with Crippen LogP contribution < -0.4 is 4.74 Å². The highest BCUT2D eigenvalue weighted by Gasteiger charge is 2.20. The van der Waals surface area contributed by atoms with Gasteiger partial charge in [-0.25, -0.2) is 13.8 Å². The van der Waals surface area contributed by atoms with E-state index in [-0.39, 0.29) is 22.3 Å². The Hall–Kier alpha value is -1.22. The molecule has 1 rings (SSSR count). The Kier molecular flexibility index (Phi) is 3.97. The van der Waals surface area contributed by atoms with Gasteiger partial charge in [0.2, 0.25) is 5.88 Å². The van der Waals surface area contributed by atoms with Gasteiger partial charge in [0.15, 0.2) is 0 Å². The average molecular weight is 277 g/mol. The van der Waals surface area contributed by atoms with E-state index in [1.807, 2.05) is 6.07 Å². The molecule has 15 heavy (non-hydrogen) atoms. The second-order valence-electron chi connectivity index (χ2n) is 2.65. The van der Waals surface area contributed by atoms with Gasteiger partial charge in [-0.3, -0.25) is 0 Å². The molecule has 0 atom stereocenters. The van der Waals surface area contributed by atoms with Gasteiger partial charge in [-0.1, -0.05) is 15.9 Å². The van der Waals surface area contributed by atoms with Crippen LogP contribution in [0.25, 0.3) is 0 Å². The van der Waals surface area contributed by atoms with Gasteiger partial charge in [0.05, 0.1) is 30.9 Å². The molecular weight excluding hydrogens is 270 g/mol. The zero-order valence-corrected chi connectivity index (χ0v) is 9.38. The lowest BCUT2D eigenvalue weighted by Gasteiger charge is -2.09. The maximum Gasteiger partial charge on any atom is 0.270 e. The lowest BCUT2D eigenvalue weighted by molar-refractivity contribution is 0.145. The summed E-state index contributed by atoms with van der Waals surface area (Å²) in [7, 11) is 1.26. The fourth-order valence-corrected chi connectivity index (χ4v) is 1.68. The zero-order chi connectivity index (χ0) is 11.4. The highest BCUT2D eigenvalue weighted by atomic mass is 79.9. The molecule has 0 fully saturated rings. The van der Waals surface area contributed by atoms with E-state index >= 15 is 0 Å². The van der Waals surface area contributed by atoms with Crippen LogP contribution in [0.15, 0.2) is 10.5 Å². The van der Waals surface area contributed by atoms with Crippen molar-refractivity contribution >= 4 is 15.9 Å². The topological polar surface area (TPSA) is 45.9 Å². The SMILES string of the molecule is COc1nc(CC#N)cc(Br)c1C(F)F. The Morgan fingerprint density at radius 1 is 1.67 bits per heavy atom. The van der Waals surface area contributed by atoms with E-state index in [9.17, 15) is 8.78 Å². The normalized spacial score (nSPS) is 10.1. The molecule has 1 aromatic heterocycles. The summed E-state index contributed by atoms with van der Waals surface area (Å²) in [5, 5.41) is 8.46. The largest absolute Gasteiger partial charge is 0.481 e. The van der Waals surface area contributed by atoms with E-state index in [2.05, 4.69) is 20.9 Å². The maximum absolute atomic E-state index is 12.6. The summed E-state index contributed by atoms with van der Waals surface area (Å²) in [4.78, 5) is 3.81. The lowest BCUT2D eigenvalue weighted by Crippen LogP contribution is -2.00. The van der Waals surface area contributed by atoms with Crippen molar-refractivity contribution in [2.24, 2.45) is 0 Å². The van der Waals surface area contributed by atoms with Crippen molar-refractivity contribution in [1.82, 2.24) is 4.98 Å². The van der Waals surface area contributed by atoms with Gasteiger partial charge in [0.1, 0.15) is 0 Å². The molecule has 0 N–H and O–H groups in total. The van der Waals surface area contributed by atoms with Crippen molar-refractivity contribution in [3.8, 4) is 11.9 Å². The van der Waals surface area contributed by atoms with E-state index in [4.69, 9.17) is 10.00 Å². The van der Waals surface area contributed by atoms with Gasteiger partial charge in [0, 0.05) is 4.47 Å². The predicted molar refractivity (Wildman–Crippen MR) is 52.8 cm³/mol. The molecule has 0 spiro atoms. The number of rotatable bonds is 3. The van der Waals surface area contributed by atoms with E-state index in [0.29, 0.717) is 5.69 Å². The molecule has 0 radical (unpaired) electrons. The Morgan fingerprint density at radius 3 is 2.80 bits per heavy atom. The number of alkyl halides is 2. The number of pyridine rings is 1. The number of hydrogen-bond acceptors (Lipinski definition) is 3. The van der Waals surface area contributed by atoms with E-state index in [0.717, 1.165) is 0 Å². The number of methoxy groups -OCH3 is 1. The highest BCUT2D eigenvalue weighted by Crippen LogP contribution is 2.34. The molecule has 1 aromatic rings. The minimum absolute atomic E-state index is 0.0540. The first-order chi connectivity index (χ1) is 7.10. The smallest absolute Gasteiger partial charge is 0.270 e. The number of aromatic nitrogens is 1. The van der Waals surface area contributed by atoms with Crippen LogP contribution in [-0.2, 0) is 6.42 Å². The van der Waals surface area contributed by atoms with Crippen LogP contribution in [-0.4, -0.2) is 12.1 Å². The molecule has 3 nitrogen and oxygen atoms in total. The van der Waals surface area contributed by atoms with Gasteiger partial charge < -0.3 is 4.74 Å². The van der Waals surface area contributed by atoms with Crippen LogP contribution in [0.3, 0.4) is 0 Å². The molecule has 0 aliphatic heterocycles. The van der Waals surface area contributed by atoms with Crippen LogP contribution in [0.5, 0.6) is 5.88 Å². The second-order valence-corrected chi connectivity index (χ2v) is 3.51. The molecule has 0 saturated heterocycles. The summed E-state index contributed by atoms with van der Waals surface area (Å²) in [6.45, 7) is 0. The van der Waals surface area contributed by atoms with Gasteiger partial charge in [-0.15, -0.1) is 0 Å². The third kappa shape index (κ3) is 2.63. The number of nitrogens with zero attached hydrogens (tertiary/aromatic N) is 2. The van der Waals surface area contributed by atoms with Crippen molar-refractivity contribution in [3.63, 3.8) is 0 Å². The van der Waals surface area contributed by atoms with Gasteiger partial charge in [0.25, 0.3) is 6.43 Å². The summed E-state index contributed by atoms with van der Waals surface area (Å²) < 4.78 is 30.1. The van der Waals surface area contributed by atoms with Crippen molar-refractivity contribution in [2.45, 2.75) is 12.8 Å². The van der Waals surface area contributed by atoms with Crippen LogP contribution >= 0.6 is 15.9 Å². The fourth-order valence-electron chi connectivity index (χ4n) is 1.07. The zero-order valence-electron chi connectivity index (χ0n) is 7.80. The molecule has 0 aromatic carbocycles. The lowest BCUT2D eigenvalue weighted by atomic mass is 10.2. The Bertz CT molecular complexity index is 404. The van der Waals surface area contributed by atoms with Crippen molar-refractivity contribution in [2.75, 3.05) is 7.11 Å². The summed E-state index contributed by atoms with van der Waals surface area (Å²) in [5.74, 6) is -0.148. The first-order valence-corrected chi connectivity index (χ1v) is 4.77. The summed E-state index contributed by atoms with van der Waals surface area (Å²) in [6.07, 6.45) is -2.61. The third-order valence-electron chi connectivity index (χ3n) is 1.70. The molecule has 80 valence electrons. The predicted octanol–water partition coefficient (Wildman–Crippen LogP) is 2.86. The minimum atomic E-state index is -2.67. The molecule has 0 aliphatic rings. The minimum Gasteiger partial charge on any atom is -0.481 e. The number of halogens is 3. The molecule has 1 heterocycles. The third-order valence-corrected chi connectivity index (χ3v) is 2.35. The second kappa shape index (κ2) is 5.03. The van der Waals surface area contributed by atoms with E-state index < -0.39 is 6.43 Å². The van der Waals surface area contributed by atoms with Crippen LogP contribution in [0.2, 0.25) is 0 Å². The monoisotopic (exact) mass is 276 g/mol. The van der Waals surface area contributed by atoms with Gasteiger partial charge in [-0.05, 0) is 6.07 Å². The first kappa shape index (κ1) is 11.9. The maximum atomic E-state index is 12.6. The van der Waals surface area contributed by atoms with Crippen molar-refractivity contribution in [3.05, 3.63) is 21.8 Å². The first-order valence-electron chi connectivity index (χ1n) is 3.98. The Morgan fingerprint density at radius 2 is 2.33 bits per heavy atom. The standard InChI is InChI=1S/C9H7BrF2N2O/c1-15-9-7(8(11)12)6(10)4-5(14-9)2-3-13/h4,8H,2H2,1H3. The number of nitriles is 1. The molecule has 0 unspecified atom stereocenters. The van der Waals surface area contributed by atoms with E-state index in [1.54, 1.807) is 0 Å².